The normalized spacial score (nSPS) is 24.1. The molecule has 2 N–H and O–H groups in total. The predicted molar refractivity (Wildman–Crippen MR) is 109 cm³/mol. The van der Waals surface area contributed by atoms with Gasteiger partial charge in [-0.1, -0.05) is 12.1 Å². The molecule has 10 heteroatoms. The first-order valence-corrected chi connectivity index (χ1v) is 11.2. The number of aliphatic hydroxyl groups is 1. The molecule has 1 saturated carbocycles. The maximum atomic E-state index is 12.9. The maximum absolute atomic E-state index is 12.9. The zero-order chi connectivity index (χ0) is 22.2. The monoisotopic (exact) mass is 449 g/mol. The van der Waals surface area contributed by atoms with Gasteiger partial charge in [-0.15, -0.1) is 0 Å². The molecule has 9 nitrogen and oxygen atoms in total. The van der Waals surface area contributed by atoms with E-state index >= 15 is 0 Å². The summed E-state index contributed by atoms with van der Waals surface area (Å²) in [5, 5.41) is 10.6. The second-order valence-corrected chi connectivity index (χ2v) is 9.06. The lowest BCUT2D eigenvalue weighted by molar-refractivity contribution is -0.142. The third kappa shape index (κ3) is 4.06. The van der Waals surface area contributed by atoms with Gasteiger partial charge in [-0.05, 0) is 30.3 Å². The first-order chi connectivity index (χ1) is 14.8. The number of methoxy groups -OCH3 is 2. The number of hydrogen-bond acceptors (Lipinski definition) is 8. The molecule has 2 aliphatic rings. The van der Waals surface area contributed by atoms with E-state index in [-0.39, 0.29) is 17.9 Å². The molecular weight excluding hydrogens is 426 g/mol. The molecule has 1 fully saturated rings. The van der Waals surface area contributed by atoms with Crippen LogP contribution >= 0.6 is 0 Å². The number of para-hydroxylation sites is 1. The second kappa shape index (κ2) is 8.37. The number of aliphatic hydroxyl groups excluding tert-OH is 1. The van der Waals surface area contributed by atoms with Crippen LogP contribution in [0.25, 0.3) is 0 Å². The van der Waals surface area contributed by atoms with Crippen LogP contribution in [-0.4, -0.2) is 58.6 Å². The molecule has 4 atom stereocenters. The molecule has 0 amide bonds. The summed E-state index contributed by atoms with van der Waals surface area (Å²) in [5.41, 5.74) is 0.714. The lowest BCUT2D eigenvalue weighted by atomic mass is 9.94. The van der Waals surface area contributed by atoms with Crippen molar-refractivity contribution < 1.29 is 37.3 Å². The summed E-state index contributed by atoms with van der Waals surface area (Å²) in [6.45, 7) is -0.276. The number of rotatable bonds is 7. The van der Waals surface area contributed by atoms with E-state index in [9.17, 15) is 18.3 Å². The van der Waals surface area contributed by atoms with Crippen molar-refractivity contribution in [1.82, 2.24) is 4.72 Å². The van der Waals surface area contributed by atoms with Gasteiger partial charge in [0.1, 0.15) is 11.9 Å². The highest BCUT2D eigenvalue weighted by Gasteiger charge is 2.51. The van der Waals surface area contributed by atoms with Gasteiger partial charge in [0.25, 0.3) is 0 Å². The number of esters is 1. The summed E-state index contributed by atoms with van der Waals surface area (Å²) in [4.78, 5) is 11.5. The summed E-state index contributed by atoms with van der Waals surface area (Å²) < 4.78 is 49.7. The third-order valence-corrected chi connectivity index (χ3v) is 7.02. The molecule has 31 heavy (non-hydrogen) atoms. The van der Waals surface area contributed by atoms with Gasteiger partial charge in [0.15, 0.2) is 18.1 Å². The first kappa shape index (κ1) is 21.4. The Labute approximate surface area is 179 Å². The molecular formula is C21H23NO8S. The number of ether oxygens (including phenoxy) is 4. The fourth-order valence-corrected chi connectivity index (χ4v) is 5.35. The molecule has 0 radical (unpaired) electrons. The van der Waals surface area contributed by atoms with Crippen LogP contribution in [0.15, 0.2) is 47.4 Å². The van der Waals surface area contributed by atoms with E-state index in [1.54, 1.807) is 30.3 Å². The molecule has 166 valence electrons. The lowest BCUT2D eigenvalue weighted by Gasteiger charge is -2.22. The van der Waals surface area contributed by atoms with Crippen molar-refractivity contribution in [2.45, 2.75) is 35.5 Å². The van der Waals surface area contributed by atoms with Crippen LogP contribution in [-0.2, 0) is 19.6 Å². The van der Waals surface area contributed by atoms with E-state index in [2.05, 4.69) is 9.46 Å². The number of sulfonamides is 1. The average Bonchev–Trinajstić information content (AvgIpc) is 3.27. The fourth-order valence-electron chi connectivity index (χ4n) is 4.05. The highest BCUT2D eigenvalue weighted by Crippen LogP contribution is 2.51. The Balaban J connectivity index is 1.58. The summed E-state index contributed by atoms with van der Waals surface area (Å²) >= 11 is 0. The maximum Gasteiger partial charge on any atom is 0.343 e. The van der Waals surface area contributed by atoms with Crippen LogP contribution in [0.5, 0.6) is 17.2 Å². The van der Waals surface area contributed by atoms with E-state index in [4.69, 9.17) is 14.2 Å². The molecule has 0 bridgehead atoms. The molecule has 1 aliphatic heterocycles. The molecule has 4 rings (SSSR count). The molecule has 0 spiro atoms. The van der Waals surface area contributed by atoms with Crippen LogP contribution in [0.4, 0.5) is 0 Å². The van der Waals surface area contributed by atoms with Crippen molar-refractivity contribution in [3.63, 3.8) is 0 Å². The summed E-state index contributed by atoms with van der Waals surface area (Å²) in [6.07, 6.45) is -1.08. The van der Waals surface area contributed by atoms with E-state index < -0.39 is 40.2 Å². The average molecular weight is 449 g/mol. The standard InChI is InChI=1S/C21H23NO8S/c1-27-12-6-8-13(9-7-12)31(25,26)22-20-15(23)10-17-19(20)14-4-3-5-16(21(14)30-17)29-11-18(24)28-2/h3-9,15,17,19-20,22-23H,10-11H2,1-2H3. The van der Waals surface area contributed by atoms with Crippen LogP contribution in [0, 0.1) is 0 Å². The Morgan fingerprint density at radius 2 is 1.94 bits per heavy atom. The zero-order valence-corrected chi connectivity index (χ0v) is 17.8. The molecule has 0 aromatic heterocycles. The Morgan fingerprint density at radius 1 is 1.19 bits per heavy atom. The molecule has 0 saturated heterocycles. The Hall–Kier alpha value is -2.82. The highest BCUT2D eigenvalue weighted by molar-refractivity contribution is 7.89. The number of benzene rings is 2. The predicted octanol–water partition coefficient (Wildman–Crippen LogP) is 1.20. The number of carbonyl (C=O) groups excluding carboxylic acids is 1. The number of hydrogen-bond donors (Lipinski definition) is 2. The van der Waals surface area contributed by atoms with Crippen LogP contribution < -0.4 is 18.9 Å². The van der Waals surface area contributed by atoms with E-state index in [0.29, 0.717) is 22.8 Å². The van der Waals surface area contributed by atoms with Crippen molar-refractivity contribution in [2.24, 2.45) is 0 Å². The van der Waals surface area contributed by atoms with Gasteiger partial charge < -0.3 is 24.1 Å². The smallest absolute Gasteiger partial charge is 0.343 e. The molecule has 1 heterocycles. The van der Waals surface area contributed by atoms with Crippen molar-refractivity contribution in [2.75, 3.05) is 20.8 Å². The number of nitrogens with one attached hydrogen (secondary N) is 1. The van der Waals surface area contributed by atoms with Crippen molar-refractivity contribution in [1.29, 1.82) is 0 Å². The number of fused-ring (bicyclic) bond motifs is 3. The Kier molecular flexibility index (Phi) is 5.78. The van der Waals surface area contributed by atoms with Gasteiger partial charge in [0.05, 0.1) is 31.3 Å². The fraction of sp³-hybridized carbons (Fsp3) is 0.381. The summed E-state index contributed by atoms with van der Waals surface area (Å²) in [6, 6.07) is 10.4. The Bertz CT molecular complexity index is 1070. The van der Waals surface area contributed by atoms with E-state index in [1.165, 1.54) is 26.4 Å². The quantitative estimate of drug-likeness (QED) is 0.605. The van der Waals surface area contributed by atoms with E-state index in [1.807, 2.05) is 0 Å². The third-order valence-electron chi connectivity index (χ3n) is 5.55. The summed E-state index contributed by atoms with van der Waals surface area (Å²) in [7, 11) is -1.13. The zero-order valence-electron chi connectivity index (χ0n) is 17.0. The SMILES string of the molecule is COC(=O)COc1cccc2c1OC1CC(O)C(NS(=O)(=O)c3ccc(OC)cc3)C21. The lowest BCUT2D eigenvalue weighted by Crippen LogP contribution is -2.43. The van der Waals surface area contributed by atoms with Crippen molar-refractivity contribution in [3.8, 4) is 17.2 Å². The molecule has 4 unspecified atom stereocenters. The minimum atomic E-state index is -3.89. The molecule has 2 aromatic rings. The molecule has 1 aliphatic carbocycles. The van der Waals surface area contributed by atoms with Crippen LogP contribution in [0.2, 0.25) is 0 Å². The second-order valence-electron chi connectivity index (χ2n) is 7.35. The number of carbonyl (C=O) groups is 1. The highest BCUT2D eigenvalue weighted by atomic mass is 32.2. The van der Waals surface area contributed by atoms with Crippen LogP contribution in [0.3, 0.4) is 0 Å². The minimum absolute atomic E-state index is 0.0678. The molecule has 2 aromatic carbocycles. The summed E-state index contributed by atoms with van der Waals surface area (Å²) in [5.74, 6) is 0.416. The van der Waals surface area contributed by atoms with Gasteiger partial charge in [0.2, 0.25) is 10.0 Å². The van der Waals surface area contributed by atoms with Crippen molar-refractivity contribution >= 4 is 16.0 Å². The largest absolute Gasteiger partial charge is 0.497 e. The van der Waals surface area contributed by atoms with Crippen LogP contribution in [0.1, 0.15) is 17.9 Å². The van der Waals surface area contributed by atoms with Crippen molar-refractivity contribution in [3.05, 3.63) is 48.0 Å². The van der Waals surface area contributed by atoms with Gasteiger partial charge >= 0.3 is 5.97 Å². The minimum Gasteiger partial charge on any atom is -0.497 e. The van der Waals surface area contributed by atoms with Gasteiger partial charge in [0, 0.05) is 17.9 Å². The van der Waals surface area contributed by atoms with Gasteiger partial charge in [-0.2, -0.15) is 0 Å². The topological polar surface area (TPSA) is 120 Å². The van der Waals surface area contributed by atoms with E-state index in [0.717, 1.165) is 0 Å². The van der Waals surface area contributed by atoms with Gasteiger partial charge in [-0.25, -0.2) is 17.9 Å². The van der Waals surface area contributed by atoms with Gasteiger partial charge in [-0.3, -0.25) is 0 Å². The first-order valence-electron chi connectivity index (χ1n) is 9.67. The Morgan fingerprint density at radius 3 is 2.61 bits per heavy atom.